The Labute approximate surface area is 201 Å². The number of aryl methyl sites for hydroxylation is 1. The maximum Gasteiger partial charge on any atom is 0.262 e. The number of anilines is 1. The molecule has 3 aromatic carbocycles. The topological polar surface area (TPSA) is 29.5 Å². The van der Waals surface area contributed by atoms with Crippen LogP contribution < -0.4 is 9.64 Å². The lowest BCUT2D eigenvalue weighted by Crippen LogP contribution is -2.24. The summed E-state index contributed by atoms with van der Waals surface area (Å²) >= 11 is 6.11. The third kappa shape index (κ3) is 5.37. The fourth-order valence-corrected chi connectivity index (χ4v) is 4.03. The highest BCUT2D eigenvalue weighted by molar-refractivity contribution is 6.30. The van der Waals surface area contributed by atoms with Crippen molar-refractivity contribution in [1.29, 1.82) is 0 Å². The van der Waals surface area contributed by atoms with E-state index in [0.29, 0.717) is 17.2 Å². The molecule has 0 atom stereocenters. The molecule has 1 heterocycles. The number of halogens is 1. The number of carbonyl (C=O) groups is 1. The molecule has 0 saturated heterocycles. The minimum atomic E-state index is -0.0462. The van der Waals surface area contributed by atoms with E-state index < -0.39 is 0 Å². The molecule has 0 N–H and O–H groups in total. The fourth-order valence-electron chi connectivity index (χ4n) is 3.90. The molecule has 33 heavy (non-hydrogen) atoms. The molecular weight excluding hydrogens is 430 g/mol. The van der Waals surface area contributed by atoms with Crippen LogP contribution in [0.4, 0.5) is 5.69 Å². The zero-order valence-electron chi connectivity index (χ0n) is 19.1. The van der Waals surface area contributed by atoms with Gasteiger partial charge in [0.25, 0.3) is 5.91 Å². The van der Waals surface area contributed by atoms with Crippen LogP contribution in [0.5, 0.6) is 5.75 Å². The Morgan fingerprint density at radius 3 is 2.24 bits per heavy atom. The first-order valence-corrected chi connectivity index (χ1v) is 11.8. The van der Waals surface area contributed by atoms with Crippen molar-refractivity contribution in [3.63, 3.8) is 0 Å². The van der Waals surface area contributed by atoms with Crippen molar-refractivity contribution in [1.82, 2.24) is 0 Å². The molecule has 1 amide bonds. The molecule has 0 unspecified atom stereocenters. The second-order valence-electron chi connectivity index (χ2n) is 8.05. The van der Waals surface area contributed by atoms with Gasteiger partial charge in [-0.15, -0.1) is 0 Å². The highest BCUT2D eigenvalue weighted by Crippen LogP contribution is 2.36. The Balaban J connectivity index is 1.69. The van der Waals surface area contributed by atoms with E-state index in [1.54, 1.807) is 4.90 Å². The summed E-state index contributed by atoms with van der Waals surface area (Å²) in [5, 5.41) is 0.667. The summed E-state index contributed by atoms with van der Waals surface area (Å²) in [6, 6.07) is 23.7. The van der Waals surface area contributed by atoms with Crippen LogP contribution in [0.15, 0.2) is 84.4 Å². The predicted octanol–water partition coefficient (Wildman–Crippen LogP) is 7.55. The lowest BCUT2D eigenvalue weighted by atomic mass is 10.1. The third-order valence-electron chi connectivity index (χ3n) is 5.65. The van der Waals surface area contributed by atoms with Crippen molar-refractivity contribution in [3.05, 3.63) is 106 Å². The molecule has 0 radical (unpaired) electrons. The van der Waals surface area contributed by atoms with E-state index >= 15 is 0 Å². The van der Waals surface area contributed by atoms with Crippen molar-refractivity contribution >= 4 is 35.0 Å². The van der Waals surface area contributed by atoms with E-state index in [9.17, 15) is 4.79 Å². The van der Waals surface area contributed by atoms with Gasteiger partial charge in [0, 0.05) is 16.3 Å². The van der Waals surface area contributed by atoms with Crippen LogP contribution in [0.2, 0.25) is 5.02 Å². The molecule has 0 spiro atoms. The van der Waals surface area contributed by atoms with Crippen LogP contribution in [-0.2, 0) is 11.2 Å². The summed E-state index contributed by atoms with van der Waals surface area (Å²) in [5.74, 6) is 0.773. The van der Waals surface area contributed by atoms with Crippen LogP contribution in [-0.4, -0.2) is 12.5 Å². The highest BCUT2D eigenvalue weighted by Gasteiger charge is 2.30. The molecule has 0 saturated carbocycles. The number of benzene rings is 3. The van der Waals surface area contributed by atoms with Gasteiger partial charge in [-0.25, -0.2) is 0 Å². The molecular formula is C29H28ClNO2. The van der Waals surface area contributed by atoms with Gasteiger partial charge in [0.1, 0.15) is 5.75 Å². The number of nitrogens with zero attached hydrogens (tertiary/aromatic N) is 1. The molecule has 0 fully saturated rings. The lowest BCUT2D eigenvalue weighted by Gasteiger charge is -2.21. The Bertz CT molecular complexity index is 1160. The molecule has 3 nitrogen and oxygen atoms in total. The Morgan fingerprint density at radius 1 is 0.909 bits per heavy atom. The van der Waals surface area contributed by atoms with Gasteiger partial charge < -0.3 is 4.74 Å². The first kappa shape index (κ1) is 22.9. The normalized spacial score (nSPS) is 14.6. The van der Waals surface area contributed by atoms with E-state index in [0.717, 1.165) is 47.5 Å². The second-order valence-corrected chi connectivity index (χ2v) is 8.49. The predicted molar refractivity (Wildman–Crippen MR) is 138 cm³/mol. The summed E-state index contributed by atoms with van der Waals surface area (Å²) in [5.41, 5.74) is 5.52. The molecule has 1 aliphatic heterocycles. The SMILES string of the molecule is CCCCc1ccc(N2C(=O)/C(=C/c3ccc(OCC)cc3)C=C2c2ccc(Cl)cc2)cc1. The summed E-state index contributed by atoms with van der Waals surface area (Å²) < 4.78 is 5.53. The number of amides is 1. The van der Waals surface area contributed by atoms with Crippen LogP contribution in [0.25, 0.3) is 11.8 Å². The molecule has 3 aromatic rings. The largest absolute Gasteiger partial charge is 0.494 e. The summed E-state index contributed by atoms with van der Waals surface area (Å²) in [6.45, 7) is 4.78. The number of rotatable bonds is 8. The maximum atomic E-state index is 13.5. The molecule has 4 rings (SSSR count). The number of carbonyl (C=O) groups excluding carboxylic acids is 1. The Morgan fingerprint density at radius 2 is 1.61 bits per heavy atom. The van der Waals surface area contributed by atoms with Gasteiger partial charge >= 0.3 is 0 Å². The number of hydrogen-bond acceptors (Lipinski definition) is 2. The van der Waals surface area contributed by atoms with Crippen LogP contribution in [0.3, 0.4) is 0 Å². The highest BCUT2D eigenvalue weighted by atomic mass is 35.5. The van der Waals surface area contributed by atoms with Crippen LogP contribution in [0, 0.1) is 0 Å². The Kier molecular flexibility index (Phi) is 7.31. The van der Waals surface area contributed by atoms with Gasteiger partial charge in [-0.05, 0) is 85.0 Å². The summed E-state index contributed by atoms with van der Waals surface area (Å²) in [7, 11) is 0. The summed E-state index contributed by atoms with van der Waals surface area (Å²) in [4.78, 5) is 15.3. The zero-order valence-corrected chi connectivity index (χ0v) is 19.8. The molecule has 168 valence electrons. The van der Waals surface area contributed by atoms with Gasteiger partial charge in [-0.2, -0.15) is 0 Å². The zero-order chi connectivity index (χ0) is 23.2. The number of unbranched alkanes of at least 4 members (excludes halogenated alkanes) is 1. The minimum absolute atomic E-state index is 0.0462. The minimum Gasteiger partial charge on any atom is -0.494 e. The molecule has 0 aliphatic carbocycles. The van der Waals surface area contributed by atoms with E-state index in [4.69, 9.17) is 16.3 Å². The average Bonchev–Trinajstić information content (AvgIpc) is 3.15. The number of hydrogen-bond donors (Lipinski definition) is 0. The molecule has 0 bridgehead atoms. The van der Waals surface area contributed by atoms with Gasteiger partial charge in [-0.1, -0.05) is 61.3 Å². The van der Waals surface area contributed by atoms with Crippen molar-refractivity contribution < 1.29 is 9.53 Å². The van der Waals surface area contributed by atoms with Crippen LogP contribution in [0.1, 0.15) is 43.4 Å². The fraction of sp³-hybridized carbons (Fsp3) is 0.207. The molecule has 4 heteroatoms. The Hall–Kier alpha value is -3.30. The van der Waals surface area contributed by atoms with Crippen LogP contribution >= 0.6 is 11.6 Å². The average molecular weight is 458 g/mol. The quantitative estimate of drug-likeness (QED) is 0.327. The van der Waals surface area contributed by atoms with Crippen molar-refractivity contribution in [2.24, 2.45) is 0 Å². The van der Waals surface area contributed by atoms with Crippen molar-refractivity contribution in [2.75, 3.05) is 11.5 Å². The second kappa shape index (κ2) is 10.5. The van der Waals surface area contributed by atoms with Gasteiger partial charge in [-0.3, -0.25) is 9.69 Å². The van der Waals surface area contributed by atoms with E-state index in [2.05, 4.69) is 19.1 Å². The van der Waals surface area contributed by atoms with Gasteiger partial charge in [0.15, 0.2) is 0 Å². The number of ether oxygens (including phenoxy) is 1. The standard InChI is InChI=1S/C29H28ClNO2/c1-3-5-6-21-7-15-26(16-8-21)31-28(23-11-13-25(30)14-12-23)20-24(29(31)32)19-22-9-17-27(18-10-22)33-4-2/h7-20H,3-6H2,1-2H3/b24-19+. The van der Waals surface area contributed by atoms with Crippen molar-refractivity contribution in [3.8, 4) is 5.75 Å². The monoisotopic (exact) mass is 457 g/mol. The molecule has 1 aliphatic rings. The first-order chi connectivity index (χ1) is 16.1. The maximum absolute atomic E-state index is 13.5. The first-order valence-electron chi connectivity index (χ1n) is 11.4. The lowest BCUT2D eigenvalue weighted by molar-refractivity contribution is -0.113. The van der Waals surface area contributed by atoms with Gasteiger partial charge in [0.05, 0.1) is 12.3 Å². The van der Waals surface area contributed by atoms with Crippen molar-refractivity contribution in [2.45, 2.75) is 33.1 Å². The molecule has 0 aromatic heterocycles. The van der Waals surface area contributed by atoms with E-state index in [1.165, 1.54) is 5.56 Å². The third-order valence-corrected chi connectivity index (χ3v) is 5.90. The van der Waals surface area contributed by atoms with Gasteiger partial charge in [0.2, 0.25) is 0 Å². The van der Waals surface area contributed by atoms with E-state index in [1.807, 2.05) is 79.7 Å². The summed E-state index contributed by atoms with van der Waals surface area (Å²) in [6.07, 6.45) is 7.24. The smallest absolute Gasteiger partial charge is 0.262 e. The van der Waals surface area contributed by atoms with E-state index in [-0.39, 0.29) is 5.91 Å².